The van der Waals surface area contributed by atoms with E-state index >= 15 is 0 Å². The molecule has 0 atom stereocenters. The quantitative estimate of drug-likeness (QED) is 0.422. The van der Waals surface area contributed by atoms with Crippen molar-refractivity contribution in [1.82, 2.24) is 25.4 Å². The van der Waals surface area contributed by atoms with Gasteiger partial charge in [0.25, 0.3) is 0 Å². The monoisotopic (exact) mass is 398 g/mol. The van der Waals surface area contributed by atoms with Crippen LogP contribution in [0.15, 0.2) is 23.2 Å². The van der Waals surface area contributed by atoms with Gasteiger partial charge < -0.3 is 24.7 Å². The van der Waals surface area contributed by atoms with Crippen LogP contribution in [-0.4, -0.2) is 47.7 Å². The van der Waals surface area contributed by atoms with Gasteiger partial charge in [0.15, 0.2) is 17.5 Å². The van der Waals surface area contributed by atoms with E-state index in [-0.39, 0.29) is 0 Å². The Kier molecular flexibility index (Phi) is 6.49. The highest BCUT2D eigenvalue weighted by atomic mass is 16.7. The lowest BCUT2D eigenvalue weighted by molar-refractivity contribution is 0.174. The molecule has 4 rings (SSSR count). The molecule has 2 N–H and O–H groups in total. The maximum absolute atomic E-state index is 5.44. The van der Waals surface area contributed by atoms with Gasteiger partial charge in [-0.2, -0.15) is 0 Å². The van der Waals surface area contributed by atoms with Crippen LogP contribution in [0, 0.1) is 0 Å². The number of nitrogens with zero attached hydrogens (tertiary/aromatic N) is 4. The molecule has 0 amide bonds. The summed E-state index contributed by atoms with van der Waals surface area (Å²) in [6, 6.07) is 6.09. The molecule has 0 unspecified atom stereocenters. The SMILES string of the molecule is CN=C(NCCCc1nnc2n1CCCCC2)NCCc1ccc2c(c1)OCO2. The van der Waals surface area contributed by atoms with E-state index < -0.39 is 0 Å². The molecular formula is C21H30N6O2. The van der Waals surface area contributed by atoms with E-state index in [0.717, 1.165) is 74.4 Å². The number of rotatable bonds is 7. The molecule has 1 aromatic heterocycles. The zero-order valence-corrected chi connectivity index (χ0v) is 17.1. The van der Waals surface area contributed by atoms with Crippen molar-refractivity contribution in [3.63, 3.8) is 0 Å². The van der Waals surface area contributed by atoms with Crippen molar-refractivity contribution in [1.29, 1.82) is 0 Å². The number of hydrogen-bond donors (Lipinski definition) is 2. The van der Waals surface area contributed by atoms with E-state index in [2.05, 4.69) is 36.5 Å². The molecule has 0 radical (unpaired) electrons. The van der Waals surface area contributed by atoms with Crippen LogP contribution in [0.1, 0.15) is 42.9 Å². The molecule has 156 valence electrons. The molecule has 0 fully saturated rings. The zero-order chi connectivity index (χ0) is 19.9. The fourth-order valence-corrected chi connectivity index (χ4v) is 3.83. The number of aryl methyl sites for hydroxylation is 2. The Balaban J connectivity index is 1.17. The zero-order valence-electron chi connectivity index (χ0n) is 17.1. The minimum atomic E-state index is 0.311. The molecule has 1 aromatic carbocycles. The number of nitrogens with one attached hydrogen (secondary N) is 2. The van der Waals surface area contributed by atoms with Gasteiger partial charge in [0.1, 0.15) is 11.6 Å². The molecule has 8 nitrogen and oxygen atoms in total. The van der Waals surface area contributed by atoms with Crippen LogP contribution in [0.2, 0.25) is 0 Å². The van der Waals surface area contributed by atoms with Crippen LogP contribution >= 0.6 is 0 Å². The predicted molar refractivity (Wildman–Crippen MR) is 112 cm³/mol. The first-order valence-corrected chi connectivity index (χ1v) is 10.6. The minimum Gasteiger partial charge on any atom is -0.454 e. The number of hydrogen-bond acceptors (Lipinski definition) is 5. The van der Waals surface area contributed by atoms with E-state index in [1.807, 2.05) is 12.1 Å². The third-order valence-electron chi connectivity index (χ3n) is 5.42. The van der Waals surface area contributed by atoms with Crippen LogP contribution < -0.4 is 20.1 Å². The Morgan fingerprint density at radius 2 is 1.97 bits per heavy atom. The summed E-state index contributed by atoms with van der Waals surface area (Å²) >= 11 is 0. The highest BCUT2D eigenvalue weighted by molar-refractivity contribution is 5.79. The van der Waals surface area contributed by atoms with Gasteiger partial charge in [-0.15, -0.1) is 10.2 Å². The van der Waals surface area contributed by atoms with Crippen LogP contribution in [0.5, 0.6) is 11.5 Å². The van der Waals surface area contributed by atoms with Crippen LogP contribution in [-0.2, 0) is 25.8 Å². The van der Waals surface area contributed by atoms with Gasteiger partial charge >= 0.3 is 0 Å². The second kappa shape index (κ2) is 9.62. The number of fused-ring (bicyclic) bond motifs is 2. The largest absolute Gasteiger partial charge is 0.454 e. The summed E-state index contributed by atoms with van der Waals surface area (Å²) in [4.78, 5) is 4.31. The first-order valence-electron chi connectivity index (χ1n) is 10.6. The van der Waals surface area contributed by atoms with Crippen molar-refractivity contribution in [3.05, 3.63) is 35.4 Å². The second-order valence-corrected chi connectivity index (χ2v) is 7.46. The number of ether oxygens (including phenoxy) is 2. The van der Waals surface area contributed by atoms with Gasteiger partial charge in [-0.3, -0.25) is 4.99 Å². The summed E-state index contributed by atoms with van der Waals surface area (Å²) in [7, 11) is 1.80. The maximum atomic E-state index is 5.44. The molecule has 2 aliphatic heterocycles. The molecule has 0 saturated heterocycles. The number of aliphatic imine (C=N–C) groups is 1. The third kappa shape index (κ3) is 4.99. The van der Waals surface area contributed by atoms with Crippen molar-refractivity contribution >= 4 is 5.96 Å². The summed E-state index contributed by atoms with van der Waals surface area (Å²) in [5.41, 5.74) is 1.21. The molecule has 0 saturated carbocycles. The molecule has 29 heavy (non-hydrogen) atoms. The van der Waals surface area contributed by atoms with Crippen molar-refractivity contribution in [2.24, 2.45) is 4.99 Å². The average molecular weight is 399 g/mol. The van der Waals surface area contributed by atoms with Gasteiger partial charge in [-0.1, -0.05) is 12.5 Å². The molecule has 2 aromatic rings. The number of aromatic nitrogens is 3. The fourth-order valence-electron chi connectivity index (χ4n) is 3.83. The van der Waals surface area contributed by atoms with Gasteiger partial charge in [0.05, 0.1) is 0 Å². The number of benzene rings is 1. The Hall–Kier alpha value is -2.77. The molecule has 8 heteroatoms. The summed E-state index contributed by atoms with van der Waals surface area (Å²) < 4.78 is 13.1. The van der Waals surface area contributed by atoms with Crippen LogP contribution in [0.4, 0.5) is 0 Å². The van der Waals surface area contributed by atoms with Crippen molar-refractivity contribution < 1.29 is 9.47 Å². The van der Waals surface area contributed by atoms with E-state index in [1.54, 1.807) is 7.05 Å². The van der Waals surface area contributed by atoms with Gasteiger partial charge in [-0.25, -0.2) is 0 Å². The van der Waals surface area contributed by atoms with Gasteiger partial charge in [0, 0.05) is 39.5 Å². The minimum absolute atomic E-state index is 0.311. The van der Waals surface area contributed by atoms with E-state index in [4.69, 9.17) is 9.47 Å². The van der Waals surface area contributed by atoms with E-state index in [0.29, 0.717) is 6.79 Å². The third-order valence-corrected chi connectivity index (χ3v) is 5.42. The summed E-state index contributed by atoms with van der Waals surface area (Å²) in [6.07, 6.45) is 7.65. The second-order valence-electron chi connectivity index (χ2n) is 7.46. The summed E-state index contributed by atoms with van der Waals surface area (Å²) in [5.74, 6) is 4.76. The lowest BCUT2D eigenvalue weighted by Crippen LogP contribution is -2.38. The Morgan fingerprint density at radius 3 is 2.90 bits per heavy atom. The Bertz CT molecular complexity index is 848. The standard InChI is InChI=1S/C21H30N6O2/c1-22-21(24-12-10-16-8-9-17-18(14-16)29-15-28-17)23-11-5-7-20-26-25-19-6-3-2-4-13-27(19)20/h8-9,14H,2-7,10-13,15H2,1H3,(H2,22,23,24). The number of guanidine groups is 1. The lowest BCUT2D eigenvalue weighted by Gasteiger charge is -2.12. The van der Waals surface area contributed by atoms with E-state index in [1.165, 1.54) is 24.8 Å². The molecule has 3 heterocycles. The average Bonchev–Trinajstić information content (AvgIpc) is 3.29. The molecule has 0 bridgehead atoms. The molecule has 2 aliphatic rings. The highest BCUT2D eigenvalue weighted by Crippen LogP contribution is 2.32. The van der Waals surface area contributed by atoms with Crippen LogP contribution in [0.3, 0.4) is 0 Å². The predicted octanol–water partition coefficient (Wildman–Crippen LogP) is 2.07. The van der Waals surface area contributed by atoms with Crippen molar-refractivity contribution in [3.8, 4) is 11.5 Å². The van der Waals surface area contributed by atoms with Crippen LogP contribution in [0.25, 0.3) is 0 Å². The highest BCUT2D eigenvalue weighted by Gasteiger charge is 2.14. The summed E-state index contributed by atoms with van der Waals surface area (Å²) in [6.45, 7) is 3.03. The van der Waals surface area contributed by atoms with Crippen molar-refractivity contribution in [2.45, 2.75) is 51.5 Å². The fraction of sp³-hybridized carbons (Fsp3) is 0.571. The van der Waals surface area contributed by atoms with Gasteiger partial charge in [0.2, 0.25) is 6.79 Å². The Morgan fingerprint density at radius 1 is 1.07 bits per heavy atom. The first-order chi connectivity index (χ1) is 14.3. The summed E-state index contributed by atoms with van der Waals surface area (Å²) in [5, 5.41) is 15.5. The van der Waals surface area contributed by atoms with Gasteiger partial charge in [-0.05, 0) is 43.4 Å². The molecule has 0 spiro atoms. The molecular weight excluding hydrogens is 368 g/mol. The topological polar surface area (TPSA) is 85.6 Å². The maximum Gasteiger partial charge on any atom is 0.231 e. The normalized spacial score (nSPS) is 15.7. The lowest BCUT2D eigenvalue weighted by atomic mass is 10.1. The first kappa shape index (κ1) is 19.5. The Labute approximate surface area is 171 Å². The van der Waals surface area contributed by atoms with Crippen molar-refractivity contribution in [2.75, 3.05) is 26.9 Å². The van der Waals surface area contributed by atoms with E-state index in [9.17, 15) is 0 Å². The molecule has 0 aliphatic carbocycles. The smallest absolute Gasteiger partial charge is 0.231 e.